The molecule has 0 spiro atoms. The zero-order valence-electron chi connectivity index (χ0n) is 68.4. The summed E-state index contributed by atoms with van der Waals surface area (Å²) in [6.07, 6.45) is 0. The second-order valence-electron chi connectivity index (χ2n) is 32.8. The zero-order valence-corrected chi connectivity index (χ0v) is 68.4. The van der Waals surface area contributed by atoms with Gasteiger partial charge in [-0.2, -0.15) is 0 Å². The molecule has 22 aromatic carbocycles. The average molecular weight is 1570 g/mol. The van der Waals surface area contributed by atoms with E-state index in [1.54, 1.807) is 0 Å². The lowest BCUT2D eigenvalue weighted by molar-refractivity contribution is 0.660. The second-order valence-corrected chi connectivity index (χ2v) is 32.8. The standard InChI is InChI=1S/C63H45N.C58H39N/c1-63(2)58-30-18-17-28-51(58)52-37-33-46(39-59(52)63)42-31-34-48(35-32-42)64(47-25-13-6-14-26-47)49-36-38-54-57(40-49)50-27-15-16-29-53(50)61-56(44-21-9-4-10-22-44)41-55(43-19-7-3-8-20-43)60(62(54)61)45-23-11-5-12-24-45;1-5-19-41(20-6-1)53-39-54(42-21-7-2-8-22-42)57-51-33-16-15-32-50(51)55-38-47(35-36-52(55)58(57)56(53)43-24-9-3-10-25-43)59(45-28-11-4-12-29-45)46-30-17-27-44(37-46)49-34-18-26-40-23-13-14-31-48(40)49/h3-41H,1-2H3;1-39H. The molecule has 0 bridgehead atoms. The van der Waals surface area contributed by atoms with Gasteiger partial charge in [0.15, 0.2) is 0 Å². The minimum Gasteiger partial charge on any atom is -0.310 e. The molecule has 0 heterocycles. The van der Waals surface area contributed by atoms with E-state index in [0.717, 1.165) is 34.1 Å². The van der Waals surface area contributed by atoms with Gasteiger partial charge in [0.1, 0.15) is 0 Å². The largest absolute Gasteiger partial charge is 0.310 e. The SMILES string of the molecule is CC1(C)c2ccccc2-c2ccc(-c3ccc(N(c4ccccc4)c4ccc5c(c4)c4ccccc4c4c(-c6ccccc6)cc(-c6ccccc6)c(-c6ccccc6)c54)cc3)cc21.c1ccc(-c2cc(-c3ccccc3)c3c4ccccc4c4cc(N(c5ccccc5)c5cccc(-c6cccc7ccccc67)c5)ccc4c3c2-c2ccccc2)cc1. The Labute approximate surface area is 718 Å². The van der Waals surface area contributed by atoms with Crippen LogP contribution in [0, 0.1) is 0 Å². The number of fused-ring (bicyclic) bond motifs is 16. The van der Waals surface area contributed by atoms with Crippen LogP contribution < -0.4 is 9.80 Å². The van der Waals surface area contributed by atoms with Crippen molar-refractivity contribution in [1.29, 1.82) is 0 Å². The van der Waals surface area contributed by atoms with Gasteiger partial charge in [0.25, 0.3) is 0 Å². The second kappa shape index (κ2) is 31.2. The summed E-state index contributed by atoms with van der Waals surface area (Å²) in [5.74, 6) is 0. The highest BCUT2D eigenvalue weighted by Gasteiger charge is 2.36. The summed E-state index contributed by atoms with van der Waals surface area (Å²) < 4.78 is 0. The Morgan fingerprint density at radius 1 is 0.154 bits per heavy atom. The first kappa shape index (κ1) is 73.6. The highest BCUT2D eigenvalue weighted by atomic mass is 15.1. The Balaban J connectivity index is 0.000000147. The molecule has 0 N–H and O–H groups in total. The Bertz CT molecular complexity index is 7760. The van der Waals surface area contributed by atoms with E-state index in [2.05, 4.69) is 497 Å². The average Bonchev–Trinajstić information content (AvgIpc) is 1.56. The normalized spacial score (nSPS) is 12.0. The number of hydrogen-bond donors (Lipinski definition) is 0. The van der Waals surface area contributed by atoms with E-state index in [1.165, 1.54) is 187 Å². The van der Waals surface area contributed by atoms with Crippen molar-refractivity contribution in [3.05, 3.63) is 484 Å². The fraction of sp³-hybridized carbons (Fsp3) is 0.0248. The molecule has 1 aliphatic carbocycles. The van der Waals surface area contributed by atoms with Gasteiger partial charge in [0.2, 0.25) is 0 Å². The monoisotopic (exact) mass is 1560 g/mol. The predicted octanol–water partition coefficient (Wildman–Crippen LogP) is 34.0. The van der Waals surface area contributed by atoms with Crippen molar-refractivity contribution >= 4 is 110 Å². The number of para-hydroxylation sites is 2. The summed E-state index contributed by atoms with van der Waals surface area (Å²) in [7, 11) is 0. The lowest BCUT2D eigenvalue weighted by Crippen LogP contribution is -2.14. The van der Waals surface area contributed by atoms with Crippen LogP contribution >= 0.6 is 0 Å². The molecule has 0 aliphatic heterocycles. The van der Waals surface area contributed by atoms with Gasteiger partial charge in [-0.25, -0.2) is 0 Å². The van der Waals surface area contributed by atoms with E-state index in [1.807, 2.05) is 0 Å². The number of anilines is 6. The minimum absolute atomic E-state index is 0.0499. The van der Waals surface area contributed by atoms with Crippen LogP contribution in [0.5, 0.6) is 0 Å². The zero-order chi connectivity index (χ0) is 81.9. The molecular weight excluding hydrogens is 1480 g/mol. The van der Waals surface area contributed by atoms with Crippen LogP contribution in [-0.4, -0.2) is 0 Å². The summed E-state index contributed by atoms with van der Waals surface area (Å²) in [6.45, 7) is 4.70. The van der Waals surface area contributed by atoms with Crippen molar-refractivity contribution in [1.82, 2.24) is 0 Å². The molecule has 578 valence electrons. The van der Waals surface area contributed by atoms with Gasteiger partial charge in [0, 0.05) is 39.5 Å². The van der Waals surface area contributed by atoms with E-state index in [-0.39, 0.29) is 5.41 Å². The molecule has 2 heteroatoms. The Morgan fingerprint density at radius 3 is 0.976 bits per heavy atom. The van der Waals surface area contributed by atoms with Gasteiger partial charge < -0.3 is 9.80 Å². The summed E-state index contributed by atoms with van der Waals surface area (Å²) in [4.78, 5) is 4.81. The van der Waals surface area contributed by atoms with Gasteiger partial charge in [-0.3, -0.25) is 0 Å². The number of rotatable bonds is 14. The third kappa shape index (κ3) is 13.1. The topological polar surface area (TPSA) is 6.48 Å². The fourth-order valence-corrected chi connectivity index (χ4v) is 19.8. The number of benzene rings is 22. The van der Waals surface area contributed by atoms with Crippen molar-refractivity contribution in [3.63, 3.8) is 0 Å². The lowest BCUT2D eigenvalue weighted by Gasteiger charge is -2.27. The number of hydrogen-bond acceptors (Lipinski definition) is 2. The Morgan fingerprint density at radius 2 is 0.480 bits per heavy atom. The molecule has 2 nitrogen and oxygen atoms in total. The van der Waals surface area contributed by atoms with Crippen molar-refractivity contribution in [3.8, 4) is 100 Å². The van der Waals surface area contributed by atoms with Crippen LogP contribution in [0.25, 0.3) is 176 Å². The van der Waals surface area contributed by atoms with E-state index in [4.69, 9.17) is 0 Å². The Kier molecular flexibility index (Phi) is 18.7. The highest BCUT2D eigenvalue weighted by molar-refractivity contribution is 6.35. The summed E-state index contributed by atoms with van der Waals surface area (Å²) in [5, 5.41) is 17.4. The van der Waals surface area contributed by atoms with Crippen LogP contribution in [0.4, 0.5) is 34.1 Å². The van der Waals surface area contributed by atoms with E-state index >= 15 is 0 Å². The third-order valence-corrected chi connectivity index (χ3v) is 25.4. The number of nitrogens with zero attached hydrogens (tertiary/aromatic N) is 2. The summed E-state index contributed by atoms with van der Waals surface area (Å²) in [6, 6.07) is 173. The van der Waals surface area contributed by atoms with Gasteiger partial charge >= 0.3 is 0 Å². The summed E-state index contributed by atoms with van der Waals surface area (Å²) >= 11 is 0. The molecule has 1 aliphatic rings. The smallest absolute Gasteiger partial charge is 0.0468 e. The molecule has 0 atom stereocenters. The van der Waals surface area contributed by atoms with E-state index < -0.39 is 0 Å². The quantitative estimate of drug-likeness (QED) is 0.100. The first-order valence-corrected chi connectivity index (χ1v) is 42.7. The molecular formula is C121H84N2. The minimum atomic E-state index is -0.0499. The molecule has 0 aromatic heterocycles. The van der Waals surface area contributed by atoms with E-state index in [0.29, 0.717) is 0 Å². The van der Waals surface area contributed by atoms with Gasteiger partial charge in [-0.15, -0.1) is 0 Å². The van der Waals surface area contributed by atoms with Crippen LogP contribution in [0.2, 0.25) is 0 Å². The molecule has 0 saturated carbocycles. The van der Waals surface area contributed by atoms with Crippen LogP contribution in [0.1, 0.15) is 25.0 Å². The van der Waals surface area contributed by atoms with Gasteiger partial charge in [-0.1, -0.05) is 396 Å². The third-order valence-electron chi connectivity index (χ3n) is 25.4. The maximum atomic E-state index is 2.44. The molecule has 22 aromatic rings. The predicted molar refractivity (Wildman–Crippen MR) is 526 cm³/mol. The van der Waals surface area contributed by atoms with E-state index in [9.17, 15) is 0 Å². The van der Waals surface area contributed by atoms with Gasteiger partial charge in [-0.05, 0) is 278 Å². The molecule has 0 fully saturated rings. The highest BCUT2D eigenvalue weighted by Crippen LogP contribution is 2.55. The lowest BCUT2D eigenvalue weighted by atomic mass is 9.81. The Hall–Kier alpha value is -15.7. The first-order chi connectivity index (χ1) is 60.8. The molecule has 0 radical (unpaired) electrons. The summed E-state index contributed by atoms with van der Waals surface area (Å²) in [5.41, 5.74) is 31.6. The van der Waals surface area contributed by atoms with Crippen molar-refractivity contribution < 1.29 is 0 Å². The van der Waals surface area contributed by atoms with Crippen LogP contribution in [-0.2, 0) is 5.41 Å². The molecule has 0 saturated heterocycles. The van der Waals surface area contributed by atoms with Crippen molar-refractivity contribution in [2.24, 2.45) is 0 Å². The molecule has 123 heavy (non-hydrogen) atoms. The maximum absolute atomic E-state index is 2.44. The fourth-order valence-electron chi connectivity index (χ4n) is 19.8. The molecule has 0 unspecified atom stereocenters. The van der Waals surface area contributed by atoms with Gasteiger partial charge in [0.05, 0.1) is 0 Å². The molecule has 0 amide bonds. The molecule has 23 rings (SSSR count). The van der Waals surface area contributed by atoms with Crippen molar-refractivity contribution in [2.45, 2.75) is 19.3 Å². The van der Waals surface area contributed by atoms with Crippen molar-refractivity contribution in [2.75, 3.05) is 9.80 Å². The van der Waals surface area contributed by atoms with Crippen LogP contribution in [0.3, 0.4) is 0 Å². The first-order valence-electron chi connectivity index (χ1n) is 42.7. The maximum Gasteiger partial charge on any atom is 0.0468 e. The van der Waals surface area contributed by atoms with Crippen LogP contribution in [0.15, 0.2) is 473 Å².